The molecule has 0 saturated carbocycles. The monoisotopic (exact) mass is 294 g/mol. The number of halogens is 2. The molecule has 3 rings (SSSR count). The molecule has 3 heterocycles. The van der Waals surface area contributed by atoms with Crippen molar-refractivity contribution in [1.82, 2.24) is 30.1 Å². The second kappa shape index (κ2) is 4.89. The van der Waals surface area contributed by atoms with Gasteiger partial charge in [0, 0.05) is 6.20 Å². The third-order valence-corrected chi connectivity index (χ3v) is 3.03. The Morgan fingerprint density at radius 3 is 3.15 bits per heavy atom. The Kier molecular flexibility index (Phi) is 3.07. The van der Waals surface area contributed by atoms with Gasteiger partial charge in [0.2, 0.25) is 0 Å². The summed E-state index contributed by atoms with van der Waals surface area (Å²) >= 11 is 5.73. The number of nitrogens with zero attached hydrogens (tertiary/aromatic N) is 4. The number of aromatic amines is 1. The Morgan fingerprint density at radius 2 is 2.40 bits per heavy atom. The molecule has 7 nitrogen and oxygen atoms in total. The fraction of sp³-hybridized carbons (Fsp3) is 0.0909. The van der Waals surface area contributed by atoms with Gasteiger partial charge in [-0.25, -0.2) is 9.37 Å². The molecule has 0 aliphatic rings. The number of fused-ring (bicyclic) bond motifs is 1. The van der Waals surface area contributed by atoms with E-state index in [9.17, 15) is 9.18 Å². The fourth-order valence-electron chi connectivity index (χ4n) is 1.78. The predicted molar refractivity (Wildman–Crippen MR) is 67.7 cm³/mol. The predicted octanol–water partition coefficient (Wildman–Crippen LogP) is 1.17. The molecule has 0 saturated heterocycles. The molecular formula is C11H8ClFN6O. The molecule has 0 fully saturated rings. The third-order valence-electron chi connectivity index (χ3n) is 2.73. The highest BCUT2D eigenvalue weighted by molar-refractivity contribution is 6.31. The molecule has 0 aliphatic carbocycles. The minimum absolute atomic E-state index is 0.00192. The number of hydrogen-bond donors (Lipinski definition) is 2. The van der Waals surface area contributed by atoms with Crippen LogP contribution in [0.2, 0.25) is 5.02 Å². The summed E-state index contributed by atoms with van der Waals surface area (Å²) < 4.78 is 15.5. The van der Waals surface area contributed by atoms with E-state index >= 15 is 0 Å². The highest BCUT2D eigenvalue weighted by Crippen LogP contribution is 2.21. The van der Waals surface area contributed by atoms with E-state index in [2.05, 4.69) is 25.7 Å². The summed E-state index contributed by atoms with van der Waals surface area (Å²) in [6, 6.07) is 1.43. The van der Waals surface area contributed by atoms with Crippen LogP contribution in [0, 0.1) is 5.82 Å². The summed E-state index contributed by atoms with van der Waals surface area (Å²) in [5.74, 6) is -1.00. The molecule has 0 aliphatic heterocycles. The molecule has 1 amide bonds. The van der Waals surface area contributed by atoms with E-state index in [0.717, 1.165) is 0 Å². The van der Waals surface area contributed by atoms with Crippen molar-refractivity contribution in [3.63, 3.8) is 0 Å². The van der Waals surface area contributed by atoms with Gasteiger partial charge in [0.05, 0.1) is 29.8 Å². The molecule has 3 aromatic rings. The molecule has 0 atom stereocenters. The number of pyridine rings is 1. The van der Waals surface area contributed by atoms with Gasteiger partial charge in [-0.1, -0.05) is 16.8 Å². The van der Waals surface area contributed by atoms with Crippen molar-refractivity contribution in [2.24, 2.45) is 0 Å². The van der Waals surface area contributed by atoms with E-state index in [1.54, 1.807) is 6.20 Å². The molecule has 20 heavy (non-hydrogen) atoms. The van der Waals surface area contributed by atoms with E-state index in [0.29, 0.717) is 5.69 Å². The molecule has 102 valence electrons. The summed E-state index contributed by atoms with van der Waals surface area (Å²) in [4.78, 5) is 15.8. The van der Waals surface area contributed by atoms with E-state index in [1.165, 1.54) is 23.0 Å². The molecule has 0 bridgehead atoms. The zero-order valence-electron chi connectivity index (χ0n) is 9.97. The summed E-state index contributed by atoms with van der Waals surface area (Å²) in [7, 11) is 0. The first kappa shape index (κ1) is 12.5. The minimum atomic E-state index is -0.572. The Bertz CT molecular complexity index is 769. The first-order chi connectivity index (χ1) is 9.66. The Labute approximate surface area is 116 Å². The van der Waals surface area contributed by atoms with Crippen LogP contribution in [0.4, 0.5) is 4.39 Å². The van der Waals surface area contributed by atoms with Crippen molar-refractivity contribution in [2.45, 2.75) is 6.54 Å². The van der Waals surface area contributed by atoms with Crippen LogP contribution >= 0.6 is 11.6 Å². The molecular weight excluding hydrogens is 287 g/mol. The van der Waals surface area contributed by atoms with Gasteiger partial charge in [-0.15, -0.1) is 5.10 Å². The molecule has 0 spiro atoms. The van der Waals surface area contributed by atoms with Crippen molar-refractivity contribution < 1.29 is 9.18 Å². The number of amides is 1. The summed E-state index contributed by atoms with van der Waals surface area (Å²) in [5, 5.41) is 12.0. The molecule has 2 N–H and O–H groups in total. The maximum Gasteiger partial charge on any atom is 0.273 e. The molecule has 3 aromatic heterocycles. The van der Waals surface area contributed by atoms with Crippen molar-refractivity contribution >= 4 is 23.0 Å². The quantitative estimate of drug-likeness (QED) is 0.759. The van der Waals surface area contributed by atoms with Crippen LogP contribution in [0.5, 0.6) is 0 Å². The zero-order chi connectivity index (χ0) is 14.1. The van der Waals surface area contributed by atoms with Gasteiger partial charge >= 0.3 is 0 Å². The Hall–Kier alpha value is -2.48. The topological polar surface area (TPSA) is 88.0 Å². The second-order valence-corrected chi connectivity index (χ2v) is 4.37. The number of hydrogen-bond acceptors (Lipinski definition) is 4. The van der Waals surface area contributed by atoms with Gasteiger partial charge in [-0.05, 0) is 6.07 Å². The van der Waals surface area contributed by atoms with Crippen molar-refractivity contribution in [3.8, 4) is 0 Å². The van der Waals surface area contributed by atoms with Gasteiger partial charge < -0.3 is 9.72 Å². The minimum Gasteiger partial charge on any atom is -0.345 e. The van der Waals surface area contributed by atoms with Crippen LogP contribution in [0.25, 0.3) is 5.52 Å². The van der Waals surface area contributed by atoms with E-state index in [1.807, 2.05) is 0 Å². The molecule has 0 aromatic carbocycles. The van der Waals surface area contributed by atoms with Crippen molar-refractivity contribution in [1.29, 1.82) is 0 Å². The van der Waals surface area contributed by atoms with Gasteiger partial charge in [0.1, 0.15) is 5.52 Å². The lowest BCUT2D eigenvalue weighted by Crippen LogP contribution is -2.23. The van der Waals surface area contributed by atoms with Crippen molar-refractivity contribution in [3.05, 3.63) is 47.0 Å². The average Bonchev–Trinajstić information content (AvgIpc) is 3.09. The first-order valence-corrected chi connectivity index (χ1v) is 5.99. The number of imidazole rings is 1. The summed E-state index contributed by atoms with van der Waals surface area (Å²) in [6.45, 7) is 0.0550. The molecule has 0 radical (unpaired) electrons. The largest absolute Gasteiger partial charge is 0.345 e. The van der Waals surface area contributed by atoms with Gasteiger partial charge in [-0.2, -0.15) is 0 Å². The van der Waals surface area contributed by atoms with Crippen LogP contribution < -0.4 is 5.32 Å². The Morgan fingerprint density at radius 1 is 1.55 bits per heavy atom. The SMILES string of the molecule is O=C(NCc1ncn2ccc(Cl)c(F)c12)c1c[nH]nn1. The number of carbonyl (C=O) groups is 1. The smallest absolute Gasteiger partial charge is 0.273 e. The molecule has 0 unspecified atom stereocenters. The first-order valence-electron chi connectivity index (χ1n) is 5.61. The Balaban J connectivity index is 1.85. The standard InChI is InChI=1S/C11H8ClFN6O/c12-6-1-2-19-5-15-7(10(19)9(6)13)3-14-11(20)8-4-16-18-17-8/h1-2,4-5H,3H2,(H,14,20)(H,16,17,18). The van der Waals surface area contributed by atoms with Gasteiger partial charge in [-0.3, -0.25) is 9.89 Å². The number of rotatable bonds is 3. The van der Waals surface area contributed by atoms with E-state index in [4.69, 9.17) is 11.6 Å². The fourth-order valence-corrected chi connectivity index (χ4v) is 1.93. The summed E-state index contributed by atoms with van der Waals surface area (Å²) in [6.07, 6.45) is 4.40. The van der Waals surface area contributed by atoms with E-state index < -0.39 is 11.7 Å². The highest BCUT2D eigenvalue weighted by atomic mass is 35.5. The zero-order valence-corrected chi connectivity index (χ0v) is 10.7. The van der Waals surface area contributed by atoms with E-state index in [-0.39, 0.29) is 22.8 Å². The normalized spacial score (nSPS) is 10.9. The maximum absolute atomic E-state index is 14.0. The lowest BCUT2D eigenvalue weighted by Gasteiger charge is -2.03. The lowest BCUT2D eigenvalue weighted by molar-refractivity contribution is 0.0945. The van der Waals surface area contributed by atoms with Gasteiger partial charge in [0.15, 0.2) is 11.5 Å². The lowest BCUT2D eigenvalue weighted by atomic mass is 10.3. The number of H-pyrrole nitrogens is 1. The van der Waals surface area contributed by atoms with Gasteiger partial charge in [0.25, 0.3) is 5.91 Å². The van der Waals surface area contributed by atoms with Crippen LogP contribution in [0.15, 0.2) is 24.8 Å². The van der Waals surface area contributed by atoms with Crippen LogP contribution in [-0.2, 0) is 6.54 Å². The number of aromatic nitrogens is 5. The average molecular weight is 295 g/mol. The van der Waals surface area contributed by atoms with Crippen molar-refractivity contribution in [2.75, 3.05) is 0 Å². The highest BCUT2D eigenvalue weighted by Gasteiger charge is 2.14. The van der Waals surface area contributed by atoms with Crippen LogP contribution in [0.1, 0.15) is 16.2 Å². The molecule has 9 heteroatoms. The second-order valence-electron chi connectivity index (χ2n) is 3.97. The third kappa shape index (κ3) is 2.10. The van der Waals surface area contributed by atoms with Crippen LogP contribution in [0.3, 0.4) is 0 Å². The number of nitrogens with one attached hydrogen (secondary N) is 2. The van der Waals surface area contributed by atoms with Crippen LogP contribution in [-0.4, -0.2) is 30.7 Å². The summed E-state index contributed by atoms with van der Waals surface area (Å²) in [5.41, 5.74) is 0.756. The maximum atomic E-state index is 14.0. The number of carbonyl (C=O) groups excluding carboxylic acids is 1.